The van der Waals surface area contributed by atoms with Gasteiger partial charge in [-0.3, -0.25) is 0 Å². The van der Waals surface area contributed by atoms with Crippen LogP contribution in [0.4, 0.5) is 5.69 Å². The Bertz CT molecular complexity index is 2160. The van der Waals surface area contributed by atoms with E-state index in [9.17, 15) is 45.7 Å². The Labute approximate surface area is 264 Å². The number of carboxylic acid groups (broad SMARTS) is 2. The summed E-state index contributed by atoms with van der Waals surface area (Å²) in [5, 5.41) is 21.0. The number of hydrogen-bond donors (Lipinski definition) is 2. The Hall–Kier alpha value is -4.31. The molecule has 3 aliphatic heterocycles. The van der Waals surface area contributed by atoms with Crippen LogP contribution in [0, 0.1) is 0 Å². The standard InChI is InChI=1S/C31H30N2O11S2/c34-30(35)18-5-6-19(24(17-18)31(36)37)27-22-7-9-25-20(3-1-11-32(25)13-15-45(38,39)40)28(22)44-29-21-4-2-12-33(14-16-46(41,42)43)26(21)10-8-23(27)29/h5-10,17H,1-4,11-16H2,(H3-,34,35,36,37,38,39,40,41,42,43)/p-1. The highest BCUT2D eigenvalue weighted by Crippen LogP contribution is 2.45. The Morgan fingerprint density at radius 3 is 2.26 bits per heavy atom. The molecular formula is C31H29N2O11S2-. The maximum atomic E-state index is 12.5. The zero-order chi connectivity index (χ0) is 33.0. The van der Waals surface area contributed by atoms with Gasteiger partial charge in [0.25, 0.3) is 0 Å². The van der Waals surface area contributed by atoms with Gasteiger partial charge in [0.2, 0.25) is 5.36 Å². The normalized spacial score (nSPS) is 15.7. The molecule has 6 rings (SSSR count). The van der Waals surface area contributed by atoms with Gasteiger partial charge in [0.15, 0.2) is 6.54 Å². The number of carbonyl (C=O) groups is 2. The lowest BCUT2D eigenvalue weighted by Crippen LogP contribution is -2.41. The summed E-state index contributed by atoms with van der Waals surface area (Å²) in [5.41, 5.74) is 3.07. The summed E-state index contributed by atoms with van der Waals surface area (Å²) < 4.78 is 77.0. The third kappa shape index (κ3) is 6.10. The lowest BCUT2D eigenvalue weighted by Gasteiger charge is -2.35. The summed E-state index contributed by atoms with van der Waals surface area (Å²) >= 11 is 0. The fourth-order valence-electron chi connectivity index (χ4n) is 6.59. The number of nitrogens with zero attached hydrogens (tertiary/aromatic N) is 2. The molecule has 3 heterocycles. The highest BCUT2D eigenvalue weighted by Gasteiger charge is 2.33. The van der Waals surface area contributed by atoms with Crippen molar-refractivity contribution >= 4 is 43.4 Å². The van der Waals surface area contributed by atoms with E-state index in [0.717, 1.165) is 17.2 Å². The summed E-state index contributed by atoms with van der Waals surface area (Å²) in [7, 11) is -8.93. The molecule has 2 N–H and O–H groups in total. The van der Waals surface area contributed by atoms with Crippen molar-refractivity contribution in [1.29, 1.82) is 0 Å². The second-order valence-corrected chi connectivity index (χ2v) is 14.5. The largest absolute Gasteiger partial charge is 0.748 e. The van der Waals surface area contributed by atoms with E-state index in [1.165, 1.54) is 12.1 Å². The zero-order valence-electron chi connectivity index (χ0n) is 24.4. The summed E-state index contributed by atoms with van der Waals surface area (Å²) in [6, 6.07) is 11.0. The van der Waals surface area contributed by atoms with E-state index in [1.807, 2.05) is 9.48 Å². The highest BCUT2D eigenvalue weighted by molar-refractivity contribution is 7.85. The zero-order valence-corrected chi connectivity index (χ0v) is 26.0. The van der Waals surface area contributed by atoms with E-state index in [4.69, 9.17) is 4.74 Å². The van der Waals surface area contributed by atoms with Gasteiger partial charge in [0.1, 0.15) is 28.2 Å². The number of aromatic carboxylic acids is 2. The van der Waals surface area contributed by atoms with Crippen LogP contribution < -0.4 is 24.8 Å². The molecule has 3 aromatic rings. The van der Waals surface area contributed by atoms with Crippen LogP contribution in [0.25, 0.3) is 5.57 Å². The molecule has 0 radical (unpaired) electrons. The molecule has 0 unspecified atom stereocenters. The molecule has 242 valence electrons. The van der Waals surface area contributed by atoms with Crippen molar-refractivity contribution in [3.05, 3.63) is 86.4 Å². The maximum absolute atomic E-state index is 12.5. The fraction of sp³-hybridized carbons (Fsp3) is 0.323. The van der Waals surface area contributed by atoms with Gasteiger partial charge in [-0.1, -0.05) is 6.07 Å². The quantitative estimate of drug-likeness (QED) is 0.187. The molecule has 0 aromatic heterocycles. The van der Waals surface area contributed by atoms with Gasteiger partial charge in [0, 0.05) is 53.2 Å². The molecule has 0 saturated carbocycles. The van der Waals surface area contributed by atoms with Gasteiger partial charge in [0.05, 0.1) is 38.3 Å². The molecule has 0 bridgehead atoms. The van der Waals surface area contributed by atoms with Crippen LogP contribution in [0.2, 0.25) is 0 Å². The molecule has 0 atom stereocenters. The van der Waals surface area contributed by atoms with Crippen molar-refractivity contribution in [3.8, 4) is 11.5 Å². The van der Waals surface area contributed by atoms with E-state index < -0.39 is 43.7 Å². The second-order valence-electron chi connectivity index (χ2n) is 11.4. The van der Waals surface area contributed by atoms with Gasteiger partial charge >= 0.3 is 11.9 Å². The molecule has 15 heteroatoms. The van der Waals surface area contributed by atoms with Crippen molar-refractivity contribution in [1.82, 2.24) is 4.58 Å². The molecule has 0 saturated heterocycles. The Balaban J connectivity index is 1.64. The van der Waals surface area contributed by atoms with Crippen molar-refractivity contribution < 1.29 is 50.5 Å². The Morgan fingerprint density at radius 2 is 1.57 bits per heavy atom. The Kier molecular flexibility index (Phi) is 8.13. The van der Waals surface area contributed by atoms with Crippen molar-refractivity contribution in [2.24, 2.45) is 0 Å². The molecule has 3 aliphatic rings. The monoisotopic (exact) mass is 669 g/mol. The van der Waals surface area contributed by atoms with E-state index >= 15 is 0 Å². The molecule has 0 fully saturated rings. The van der Waals surface area contributed by atoms with Crippen LogP contribution in [0.1, 0.15) is 55.8 Å². The van der Waals surface area contributed by atoms with Gasteiger partial charge in [-0.25, -0.2) is 31.0 Å². The summed E-state index contributed by atoms with van der Waals surface area (Å²) in [4.78, 5) is 26.1. The number of fused-ring (bicyclic) bond motifs is 6. The fourth-order valence-corrected chi connectivity index (χ4v) is 7.48. The average molecular weight is 670 g/mol. The van der Waals surface area contributed by atoms with E-state index in [2.05, 4.69) is 0 Å². The summed E-state index contributed by atoms with van der Waals surface area (Å²) in [6.07, 6.45) is 2.36. The van der Waals surface area contributed by atoms with Crippen LogP contribution >= 0.6 is 0 Å². The third-order valence-electron chi connectivity index (χ3n) is 8.59. The molecule has 3 aromatic carbocycles. The van der Waals surface area contributed by atoms with Crippen LogP contribution in [0.15, 0.2) is 42.5 Å². The lowest BCUT2D eigenvalue weighted by atomic mass is 9.85. The Morgan fingerprint density at radius 1 is 0.848 bits per heavy atom. The first-order valence-electron chi connectivity index (χ1n) is 14.6. The molecule has 46 heavy (non-hydrogen) atoms. The number of hydrogen-bond acceptors (Lipinski definition) is 10. The highest BCUT2D eigenvalue weighted by atomic mass is 32.2. The predicted octanol–water partition coefficient (Wildman–Crippen LogP) is 0.716. The van der Waals surface area contributed by atoms with Gasteiger partial charge in [-0.15, -0.1) is 0 Å². The number of anilines is 1. The number of carboxylic acids is 2. The molecule has 13 nitrogen and oxygen atoms in total. The van der Waals surface area contributed by atoms with Crippen molar-refractivity contribution in [2.45, 2.75) is 25.7 Å². The van der Waals surface area contributed by atoms with Gasteiger partial charge in [-0.05, 0) is 55.2 Å². The van der Waals surface area contributed by atoms with Gasteiger partial charge in [-0.2, -0.15) is 0 Å². The van der Waals surface area contributed by atoms with Crippen LogP contribution in [0.5, 0.6) is 11.5 Å². The number of benzene rings is 3. The van der Waals surface area contributed by atoms with Crippen molar-refractivity contribution in [3.63, 3.8) is 0 Å². The van der Waals surface area contributed by atoms with Crippen LogP contribution in [-0.4, -0.2) is 85.8 Å². The predicted molar refractivity (Wildman–Crippen MR) is 163 cm³/mol. The molecular weight excluding hydrogens is 640 g/mol. The first-order chi connectivity index (χ1) is 21.7. The first-order valence-corrected chi connectivity index (χ1v) is 17.7. The van der Waals surface area contributed by atoms with E-state index in [-0.39, 0.29) is 29.8 Å². The van der Waals surface area contributed by atoms with E-state index in [0.29, 0.717) is 77.7 Å². The smallest absolute Gasteiger partial charge is 0.336 e. The SMILES string of the molecule is O=C(O)c1ccc(C2=c3ccc4c(c3Oc3c2ccc2c3CCCN2CCS(=O)(=O)[O-])CCC[N+]=4CCS(=O)(=O)[O-])c(C(=O)O)c1. The average Bonchev–Trinajstić information content (AvgIpc) is 3.00. The number of rotatable bonds is 9. The molecule has 0 aliphatic carbocycles. The third-order valence-corrected chi connectivity index (χ3v) is 9.96. The summed E-state index contributed by atoms with van der Waals surface area (Å²) in [5.74, 6) is -2.90. The minimum absolute atomic E-state index is 0.0163. The first kappa shape index (κ1) is 31.7. The minimum Gasteiger partial charge on any atom is -0.748 e. The maximum Gasteiger partial charge on any atom is 0.336 e. The molecule has 0 amide bonds. The topological polar surface area (TPSA) is 204 Å². The van der Waals surface area contributed by atoms with E-state index in [1.54, 1.807) is 24.3 Å². The summed E-state index contributed by atoms with van der Waals surface area (Å²) in [6.45, 7) is 0.998. The lowest BCUT2D eigenvalue weighted by molar-refractivity contribution is 0.0695. The van der Waals surface area contributed by atoms with Crippen molar-refractivity contribution in [2.75, 3.05) is 42.6 Å². The molecule has 0 spiro atoms. The number of ether oxygens (including phenoxy) is 1. The van der Waals surface area contributed by atoms with Crippen LogP contribution in [0.3, 0.4) is 0 Å². The van der Waals surface area contributed by atoms with Crippen LogP contribution in [-0.2, 0) is 33.1 Å². The van der Waals surface area contributed by atoms with Gasteiger partial charge < -0.3 is 29.0 Å². The second kappa shape index (κ2) is 11.8. The minimum atomic E-state index is -4.47.